The van der Waals surface area contributed by atoms with Crippen molar-refractivity contribution < 1.29 is 0 Å². The van der Waals surface area contributed by atoms with Gasteiger partial charge >= 0.3 is 0 Å². The molecule has 1 N–H and O–H groups in total. The molecule has 1 nitrogen and oxygen atoms in total. The Bertz CT molecular complexity index is 635. The first-order valence-corrected chi connectivity index (χ1v) is 7.79. The topological polar surface area (TPSA) is 12.0 Å². The number of benzene rings is 2. The fraction of sp³-hybridized carbons (Fsp3) is 0.300. The second-order valence-electron chi connectivity index (χ2n) is 6.36. The summed E-state index contributed by atoms with van der Waals surface area (Å²) in [5, 5.41) is 3.57. The van der Waals surface area contributed by atoms with Crippen molar-refractivity contribution >= 4 is 16.9 Å². The lowest BCUT2D eigenvalue weighted by atomic mass is 9.80. The van der Waals surface area contributed by atoms with Crippen molar-refractivity contribution in [3.63, 3.8) is 0 Å². The molecule has 0 atom stereocenters. The first-order valence-electron chi connectivity index (χ1n) is 7.79. The first kappa shape index (κ1) is 13.9. The van der Waals surface area contributed by atoms with Crippen LogP contribution in [0.15, 0.2) is 54.1 Å². The largest absolute Gasteiger partial charge is 0.355 e. The summed E-state index contributed by atoms with van der Waals surface area (Å²) in [6.45, 7) is 9.20. The van der Waals surface area contributed by atoms with Crippen LogP contribution in [0.2, 0.25) is 0 Å². The number of para-hydroxylation sites is 2. The van der Waals surface area contributed by atoms with E-state index >= 15 is 0 Å². The molecule has 2 aromatic rings. The van der Waals surface area contributed by atoms with Gasteiger partial charge in [-0.1, -0.05) is 69.7 Å². The molecule has 21 heavy (non-hydrogen) atoms. The zero-order chi connectivity index (χ0) is 15.0. The maximum absolute atomic E-state index is 3.57. The van der Waals surface area contributed by atoms with Crippen molar-refractivity contribution in [2.45, 2.75) is 27.7 Å². The molecule has 0 fully saturated rings. The van der Waals surface area contributed by atoms with E-state index < -0.39 is 0 Å². The van der Waals surface area contributed by atoms with Crippen LogP contribution in [-0.4, -0.2) is 0 Å². The summed E-state index contributed by atoms with van der Waals surface area (Å²) in [5.74, 6) is 1.08. The van der Waals surface area contributed by atoms with Crippen molar-refractivity contribution in [3.8, 4) is 0 Å². The van der Waals surface area contributed by atoms with Gasteiger partial charge in [0.15, 0.2) is 0 Å². The predicted octanol–water partition coefficient (Wildman–Crippen LogP) is 5.86. The average molecular weight is 277 g/mol. The number of anilines is 2. The molecule has 0 bridgehead atoms. The quantitative estimate of drug-likeness (QED) is 0.619. The molecule has 0 unspecified atom stereocenters. The van der Waals surface area contributed by atoms with Crippen molar-refractivity contribution in [3.05, 3.63) is 65.2 Å². The zero-order valence-electron chi connectivity index (χ0n) is 13.3. The maximum atomic E-state index is 3.57. The summed E-state index contributed by atoms with van der Waals surface area (Å²) in [4.78, 5) is 0. The minimum atomic E-state index is 0.541. The van der Waals surface area contributed by atoms with Gasteiger partial charge in [0.2, 0.25) is 0 Å². The lowest BCUT2D eigenvalue weighted by Gasteiger charge is -2.29. The van der Waals surface area contributed by atoms with Crippen molar-refractivity contribution in [2.24, 2.45) is 11.8 Å². The third-order valence-electron chi connectivity index (χ3n) is 4.19. The molecule has 0 aromatic heterocycles. The maximum Gasteiger partial charge on any atom is 0.0464 e. The Morgan fingerprint density at radius 1 is 0.714 bits per heavy atom. The molecule has 3 rings (SSSR count). The second kappa shape index (κ2) is 5.40. The zero-order valence-corrected chi connectivity index (χ0v) is 13.3. The molecule has 2 aromatic carbocycles. The van der Waals surface area contributed by atoms with Crippen LogP contribution in [0.5, 0.6) is 0 Å². The Morgan fingerprint density at radius 3 is 1.57 bits per heavy atom. The number of hydrogen-bond donors (Lipinski definition) is 1. The molecule has 1 aliphatic heterocycles. The molecule has 0 aliphatic carbocycles. The Hall–Kier alpha value is -2.02. The molecule has 108 valence electrons. The molecule has 0 saturated heterocycles. The van der Waals surface area contributed by atoms with Crippen LogP contribution in [0.3, 0.4) is 0 Å². The Labute approximate surface area is 127 Å². The molecule has 1 heterocycles. The van der Waals surface area contributed by atoms with Crippen LogP contribution >= 0.6 is 0 Å². The van der Waals surface area contributed by atoms with E-state index in [1.165, 1.54) is 33.6 Å². The molecular formula is C20H23N. The molecule has 0 spiro atoms. The predicted molar refractivity (Wildman–Crippen MR) is 91.9 cm³/mol. The smallest absolute Gasteiger partial charge is 0.0464 e. The van der Waals surface area contributed by atoms with Gasteiger partial charge in [0.25, 0.3) is 0 Å². The van der Waals surface area contributed by atoms with Crippen LogP contribution in [0.1, 0.15) is 38.8 Å². The van der Waals surface area contributed by atoms with Crippen LogP contribution in [0.25, 0.3) is 5.57 Å². The Balaban J connectivity index is 2.36. The number of fused-ring (bicyclic) bond motifs is 2. The Morgan fingerprint density at radius 2 is 1.14 bits per heavy atom. The normalized spacial score (nSPS) is 13.0. The molecule has 1 aliphatic rings. The summed E-state index contributed by atoms with van der Waals surface area (Å²) in [7, 11) is 0. The van der Waals surface area contributed by atoms with Crippen LogP contribution in [-0.2, 0) is 0 Å². The lowest BCUT2D eigenvalue weighted by molar-refractivity contribution is 0.629. The minimum absolute atomic E-state index is 0.541. The second-order valence-corrected chi connectivity index (χ2v) is 6.36. The van der Waals surface area contributed by atoms with E-state index in [1.807, 2.05) is 0 Å². The molecule has 0 amide bonds. The van der Waals surface area contributed by atoms with Crippen LogP contribution < -0.4 is 5.32 Å². The number of allylic oxidation sites excluding steroid dienone is 1. The fourth-order valence-electron chi connectivity index (χ4n) is 3.47. The summed E-state index contributed by atoms with van der Waals surface area (Å²) in [5.41, 5.74) is 8.04. The highest BCUT2D eigenvalue weighted by atomic mass is 14.9. The number of hydrogen-bond acceptors (Lipinski definition) is 1. The molecular weight excluding hydrogens is 254 g/mol. The highest BCUT2D eigenvalue weighted by Gasteiger charge is 2.24. The van der Waals surface area contributed by atoms with Gasteiger partial charge < -0.3 is 5.32 Å². The fourth-order valence-corrected chi connectivity index (χ4v) is 3.47. The highest BCUT2D eigenvalue weighted by molar-refractivity contribution is 5.98. The van der Waals surface area contributed by atoms with Gasteiger partial charge in [-0.15, -0.1) is 0 Å². The van der Waals surface area contributed by atoms with Gasteiger partial charge in [-0.2, -0.15) is 0 Å². The molecule has 1 heteroatoms. The standard InChI is InChI=1S/C20H23N/c1-13(2)19(14(3)4)20-15-9-5-7-11-17(15)21-18-12-8-6-10-16(18)20/h5-14,21H,1-4H3. The van der Waals surface area contributed by atoms with Crippen molar-refractivity contribution in [1.82, 2.24) is 0 Å². The minimum Gasteiger partial charge on any atom is -0.355 e. The molecule has 0 radical (unpaired) electrons. The first-order chi connectivity index (χ1) is 10.1. The van der Waals surface area contributed by atoms with E-state index in [1.54, 1.807) is 0 Å². The molecule has 0 saturated carbocycles. The van der Waals surface area contributed by atoms with Gasteiger partial charge in [-0.25, -0.2) is 0 Å². The third kappa shape index (κ3) is 2.37. The van der Waals surface area contributed by atoms with E-state index in [2.05, 4.69) is 81.5 Å². The summed E-state index contributed by atoms with van der Waals surface area (Å²) in [6.07, 6.45) is 0. The van der Waals surface area contributed by atoms with Gasteiger partial charge in [0.05, 0.1) is 0 Å². The van der Waals surface area contributed by atoms with Gasteiger partial charge in [-0.3, -0.25) is 0 Å². The van der Waals surface area contributed by atoms with Gasteiger partial charge in [0.1, 0.15) is 0 Å². The van der Waals surface area contributed by atoms with Crippen molar-refractivity contribution in [2.75, 3.05) is 5.32 Å². The Kier molecular flexibility index (Phi) is 3.59. The third-order valence-corrected chi connectivity index (χ3v) is 4.19. The monoisotopic (exact) mass is 277 g/mol. The number of nitrogens with one attached hydrogen (secondary N) is 1. The van der Waals surface area contributed by atoms with Crippen LogP contribution in [0.4, 0.5) is 11.4 Å². The number of rotatable bonds is 2. The van der Waals surface area contributed by atoms with E-state index in [9.17, 15) is 0 Å². The van der Waals surface area contributed by atoms with Crippen molar-refractivity contribution in [1.29, 1.82) is 0 Å². The SMILES string of the molecule is CC(C)C(=C1c2ccccc2Nc2ccccc21)C(C)C. The van der Waals surface area contributed by atoms with E-state index in [-0.39, 0.29) is 0 Å². The van der Waals surface area contributed by atoms with Gasteiger partial charge in [-0.05, 0) is 29.5 Å². The van der Waals surface area contributed by atoms with Gasteiger partial charge in [0, 0.05) is 22.5 Å². The highest BCUT2D eigenvalue weighted by Crippen LogP contribution is 2.44. The summed E-state index contributed by atoms with van der Waals surface area (Å²) < 4.78 is 0. The van der Waals surface area contributed by atoms with Crippen LogP contribution in [0, 0.1) is 11.8 Å². The van der Waals surface area contributed by atoms with E-state index in [4.69, 9.17) is 0 Å². The summed E-state index contributed by atoms with van der Waals surface area (Å²) >= 11 is 0. The van der Waals surface area contributed by atoms with E-state index in [0.717, 1.165) is 0 Å². The summed E-state index contributed by atoms with van der Waals surface area (Å²) in [6, 6.07) is 17.3. The lowest BCUT2D eigenvalue weighted by Crippen LogP contribution is -2.12. The van der Waals surface area contributed by atoms with E-state index in [0.29, 0.717) is 11.8 Å². The average Bonchev–Trinajstić information content (AvgIpc) is 2.46.